The Labute approximate surface area is 301 Å². The minimum Gasteiger partial charge on any atom is -0.354 e. The summed E-state index contributed by atoms with van der Waals surface area (Å²) in [6.07, 6.45) is 1.99. The van der Waals surface area contributed by atoms with Crippen LogP contribution in [0, 0.1) is 17.8 Å². The fourth-order valence-corrected chi connectivity index (χ4v) is 6.47. The van der Waals surface area contributed by atoms with Crippen LogP contribution >= 0.6 is 0 Å². The summed E-state index contributed by atoms with van der Waals surface area (Å²) in [7, 11) is 0. The maximum Gasteiger partial charge on any atom is 0.246 e. The molecular weight excluding hydrogens is 654 g/mol. The fourth-order valence-electron chi connectivity index (χ4n) is 6.47. The Morgan fingerprint density at radius 3 is 2.12 bits per heavy atom. The Kier molecular flexibility index (Phi) is 15.4. The maximum absolute atomic E-state index is 14.3. The maximum atomic E-state index is 14.3. The number of benzene rings is 1. The number of hydrogen-bond acceptors (Lipinski definition) is 7. The molecule has 2 aliphatic heterocycles. The molecule has 7 amide bonds. The third-order valence-corrected chi connectivity index (χ3v) is 9.69. The fraction of sp³-hybridized carbons (Fsp3) is 0.649. The highest BCUT2D eigenvalue weighted by atomic mass is 16.2. The summed E-state index contributed by atoms with van der Waals surface area (Å²) in [4.78, 5) is 96.1. The smallest absolute Gasteiger partial charge is 0.246 e. The van der Waals surface area contributed by atoms with Crippen molar-refractivity contribution in [3.63, 3.8) is 0 Å². The minimum absolute atomic E-state index is 0.0958. The van der Waals surface area contributed by atoms with Crippen LogP contribution in [0.5, 0.6) is 0 Å². The van der Waals surface area contributed by atoms with Crippen molar-refractivity contribution in [3.05, 3.63) is 35.9 Å². The van der Waals surface area contributed by atoms with E-state index in [0.29, 0.717) is 19.3 Å². The third kappa shape index (κ3) is 11.5. The Bertz CT molecular complexity index is 1400. The van der Waals surface area contributed by atoms with Crippen LogP contribution in [0.1, 0.15) is 86.1 Å². The molecule has 0 aromatic heterocycles. The van der Waals surface area contributed by atoms with Crippen LogP contribution in [0.4, 0.5) is 0 Å². The average Bonchev–Trinajstić information content (AvgIpc) is 3.58. The van der Waals surface area contributed by atoms with Gasteiger partial charge in [-0.25, -0.2) is 0 Å². The molecular formula is C37H57N7O7. The van der Waals surface area contributed by atoms with E-state index in [1.54, 1.807) is 27.7 Å². The lowest BCUT2D eigenvalue weighted by atomic mass is 9.96. The lowest BCUT2D eigenvalue weighted by molar-refractivity contribution is -0.143. The summed E-state index contributed by atoms with van der Waals surface area (Å²) in [5, 5.41) is 16.8. The number of fused-ring (bicyclic) bond motifs is 1. The topological polar surface area (TPSA) is 195 Å². The first-order chi connectivity index (χ1) is 24.1. The molecule has 1 aromatic carbocycles. The minimum atomic E-state index is -1.12. The molecule has 14 heteroatoms. The normalized spacial score (nSPS) is 25.4. The monoisotopic (exact) mass is 711 g/mol. The summed E-state index contributed by atoms with van der Waals surface area (Å²) in [5.41, 5.74) is 0.778. The first-order valence-electron chi connectivity index (χ1n) is 18.2. The number of hydrogen-bond donors (Lipinski definition) is 6. The first kappa shape index (κ1) is 40.9. The number of nitrogens with zero attached hydrogens (tertiary/aromatic N) is 1. The van der Waals surface area contributed by atoms with E-state index in [4.69, 9.17) is 0 Å². The molecule has 2 heterocycles. The lowest BCUT2D eigenvalue weighted by Gasteiger charge is -2.32. The van der Waals surface area contributed by atoms with Crippen molar-refractivity contribution in [2.45, 2.75) is 123 Å². The van der Waals surface area contributed by atoms with Gasteiger partial charge in [-0.3, -0.25) is 33.6 Å². The second-order valence-corrected chi connectivity index (χ2v) is 14.5. The highest BCUT2D eigenvalue weighted by Crippen LogP contribution is 2.21. The molecule has 0 saturated carbocycles. The van der Waals surface area contributed by atoms with E-state index < -0.39 is 77.6 Å². The van der Waals surface area contributed by atoms with Gasteiger partial charge < -0.3 is 36.8 Å². The molecule has 1 aromatic rings. The SMILES string of the molecule is CCC(C)C1NC(=O)C2CCCN2C(=O)C(Cc2ccccc2)NC(=O)C(NC(=O)C(NC(C)=O)C(C)C)CCCNC(=O)C(C(C)C)NC1=O. The first-order valence-corrected chi connectivity index (χ1v) is 18.2. The van der Waals surface area contributed by atoms with Crippen molar-refractivity contribution in [1.82, 2.24) is 36.8 Å². The molecule has 0 bridgehead atoms. The van der Waals surface area contributed by atoms with Gasteiger partial charge in [0.25, 0.3) is 0 Å². The third-order valence-electron chi connectivity index (χ3n) is 9.69. The molecule has 7 unspecified atom stereocenters. The summed E-state index contributed by atoms with van der Waals surface area (Å²) in [6, 6.07) is 3.32. The van der Waals surface area contributed by atoms with Crippen molar-refractivity contribution in [1.29, 1.82) is 0 Å². The van der Waals surface area contributed by atoms with E-state index in [1.165, 1.54) is 11.8 Å². The van der Waals surface area contributed by atoms with E-state index in [1.807, 2.05) is 44.2 Å². The molecule has 0 spiro atoms. The van der Waals surface area contributed by atoms with Crippen molar-refractivity contribution < 1.29 is 33.6 Å². The molecule has 7 atom stereocenters. The number of nitrogens with one attached hydrogen (secondary N) is 6. The Morgan fingerprint density at radius 1 is 0.843 bits per heavy atom. The van der Waals surface area contributed by atoms with Crippen LogP contribution < -0.4 is 31.9 Å². The Morgan fingerprint density at radius 2 is 1.51 bits per heavy atom. The molecule has 2 aliphatic rings. The molecule has 0 aliphatic carbocycles. The van der Waals surface area contributed by atoms with Crippen LogP contribution in [0.3, 0.4) is 0 Å². The van der Waals surface area contributed by atoms with Gasteiger partial charge in [-0.2, -0.15) is 0 Å². The van der Waals surface area contributed by atoms with Gasteiger partial charge in [0.15, 0.2) is 0 Å². The van der Waals surface area contributed by atoms with Gasteiger partial charge in [-0.05, 0) is 49.0 Å². The van der Waals surface area contributed by atoms with Gasteiger partial charge in [0.1, 0.15) is 36.3 Å². The molecule has 2 fully saturated rings. The molecule has 51 heavy (non-hydrogen) atoms. The van der Waals surface area contributed by atoms with E-state index in [9.17, 15) is 33.6 Å². The summed E-state index contributed by atoms with van der Waals surface area (Å²) >= 11 is 0. The van der Waals surface area contributed by atoms with Gasteiger partial charge in [0.2, 0.25) is 41.4 Å². The number of rotatable bonds is 9. The van der Waals surface area contributed by atoms with Crippen LogP contribution in [-0.2, 0) is 40.0 Å². The van der Waals surface area contributed by atoms with Crippen LogP contribution in [0.2, 0.25) is 0 Å². The predicted octanol–water partition coefficient (Wildman–Crippen LogP) is 0.932. The van der Waals surface area contributed by atoms with Crippen LogP contribution in [0.25, 0.3) is 0 Å². The summed E-state index contributed by atoms with van der Waals surface area (Å²) < 4.78 is 0. The van der Waals surface area contributed by atoms with Crippen molar-refractivity contribution in [2.24, 2.45) is 17.8 Å². The second kappa shape index (κ2) is 19.2. The molecule has 282 valence electrons. The van der Waals surface area contributed by atoms with Crippen molar-refractivity contribution in [2.75, 3.05) is 13.1 Å². The second-order valence-electron chi connectivity index (χ2n) is 14.5. The molecule has 0 radical (unpaired) electrons. The zero-order valence-corrected chi connectivity index (χ0v) is 31.0. The molecule has 3 rings (SSSR count). The Balaban J connectivity index is 2.03. The number of amides is 7. The van der Waals surface area contributed by atoms with Gasteiger partial charge in [-0.15, -0.1) is 0 Å². The molecule has 6 N–H and O–H groups in total. The van der Waals surface area contributed by atoms with Gasteiger partial charge in [0, 0.05) is 26.4 Å². The summed E-state index contributed by atoms with van der Waals surface area (Å²) in [6.45, 7) is 12.6. The van der Waals surface area contributed by atoms with Crippen molar-refractivity contribution >= 4 is 41.4 Å². The van der Waals surface area contributed by atoms with Gasteiger partial charge in [0.05, 0.1) is 0 Å². The highest BCUT2D eigenvalue weighted by molar-refractivity contribution is 5.97. The van der Waals surface area contributed by atoms with Crippen LogP contribution in [-0.4, -0.2) is 95.6 Å². The number of carbonyl (C=O) groups excluding carboxylic acids is 7. The van der Waals surface area contributed by atoms with E-state index in [0.717, 1.165) is 5.56 Å². The zero-order valence-electron chi connectivity index (χ0n) is 31.0. The Hall–Kier alpha value is -4.49. The van der Waals surface area contributed by atoms with Gasteiger partial charge in [-0.1, -0.05) is 78.3 Å². The molecule has 2 saturated heterocycles. The standard InChI is InChI=1S/C37H57N7O7/c1-8-23(6)31-36(50)42-29(21(2)3)34(48)38-18-12-16-26(40-35(49)30(22(4)5)39-24(7)45)32(46)41-27(20-25-14-10-9-11-15-25)37(51)44-19-13-17-28(44)33(47)43-31/h9-11,14-15,21-23,26-31H,8,12-13,16-20H2,1-7H3,(H,38,48)(H,39,45)(H,40,49)(H,41,46)(H,42,50)(H,43,47). The quantitative estimate of drug-likeness (QED) is 0.219. The van der Waals surface area contributed by atoms with Crippen LogP contribution in [0.15, 0.2) is 30.3 Å². The van der Waals surface area contributed by atoms with Crippen molar-refractivity contribution in [3.8, 4) is 0 Å². The highest BCUT2D eigenvalue weighted by Gasteiger charge is 2.41. The summed E-state index contributed by atoms with van der Waals surface area (Å²) in [5.74, 6) is -4.25. The number of carbonyl (C=O) groups is 7. The largest absolute Gasteiger partial charge is 0.354 e. The lowest BCUT2D eigenvalue weighted by Crippen LogP contribution is -2.61. The zero-order chi connectivity index (χ0) is 37.8. The average molecular weight is 712 g/mol. The van der Waals surface area contributed by atoms with E-state index in [-0.39, 0.29) is 50.1 Å². The molecule has 14 nitrogen and oxygen atoms in total. The predicted molar refractivity (Wildman–Crippen MR) is 192 cm³/mol. The van der Waals surface area contributed by atoms with E-state index in [2.05, 4.69) is 31.9 Å². The van der Waals surface area contributed by atoms with E-state index >= 15 is 0 Å². The van der Waals surface area contributed by atoms with Gasteiger partial charge >= 0.3 is 0 Å².